The third-order valence-corrected chi connectivity index (χ3v) is 114. The molecule has 2 atom stereocenters. The molecule has 8 heteroatoms. The van der Waals surface area contributed by atoms with Gasteiger partial charge in [-0.15, -0.1) is 56.6 Å². The molecule has 113 valence electrons. The first-order chi connectivity index (χ1) is 8.97. The second-order valence-corrected chi connectivity index (χ2v) is 57.2. The normalized spacial score (nSPS) is 32.5. The summed E-state index contributed by atoms with van der Waals surface area (Å²) in [6, 6.07) is 0. The Hall–Kier alpha value is 0.221. The third-order valence-electron chi connectivity index (χ3n) is 4.82. The van der Waals surface area contributed by atoms with Crippen molar-refractivity contribution in [3.8, 4) is 0 Å². The van der Waals surface area contributed by atoms with Gasteiger partial charge in [0.05, 0.1) is 7.11 Å². The van der Waals surface area contributed by atoms with Crippen LogP contribution in [-0.4, -0.2) is 51.3 Å². The van der Waals surface area contributed by atoms with Crippen LogP contribution in [0.25, 0.3) is 0 Å². The monoisotopic (exact) mass is 415 g/mol. The van der Waals surface area contributed by atoms with Crippen LogP contribution in [0.4, 0.5) is 0 Å². The summed E-state index contributed by atoms with van der Waals surface area (Å²) in [6.45, 7) is 24.6. The Bertz CT molecular complexity index is 435. The zero-order valence-electron chi connectivity index (χ0n) is 11.9. The quantitative estimate of drug-likeness (QED) is 0.600. The van der Waals surface area contributed by atoms with Crippen molar-refractivity contribution in [2.24, 2.45) is 0 Å². The van der Waals surface area contributed by atoms with Gasteiger partial charge in [-0.25, -0.2) is 0 Å². The molecular formula is C12H24CuOSi6. The van der Waals surface area contributed by atoms with E-state index in [1.165, 1.54) is 0 Å². The van der Waals surface area contributed by atoms with Crippen molar-refractivity contribution in [2.75, 3.05) is 0 Å². The first-order valence-electron chi connectivity index (χ1n) is 6.50. The Labute approximate surface area is 141 Å². The molecule has 1 aliphatic rings. The molecule has 1 N–H and O–H groups in total. The Morgan fingerprint density at radius 3 is 1.65 bits per heavy atom. The largest absolute Gasteiger partial charge is 0.434 e. The van der Waals surface area contributed by atoms with Gasteiger partial charge in [0.25, 0.3) is 0 Å². The molecule has 2 unspecified atom stereocenters. The average molecular weight is 416 g/mol. The van der Waals surface area contributed by atoms with Crippen molar-refractivity contribution >= 4 is 46.5 Å². The molecular weight excluding hydrogens is 392 g/mol. The van der Waals surface area contributed by atoms with E-state index in [1.54, 1.807) is 0 Å². The summed E-state index contributed by atoms with van der Waals surface area (Å²) in [7, 11) is -7.94. The molecule has 1 rings (SSSR count). The van der Waals surface area contributed by atoms with E-state index < -0.39 is 29.4 Å². The molecule has 1 aliphatic heterocycles. The van der Waals surface area contributed by atoms with E-state index >= 15 is 0 Å². The molecule has 0 amide bonds. The fourth-order valence-corrected chi connectivity index (χ4v) is 204. The molecule has 1 fully saturated rings. The van der Waals surface area contributed by atoms with Crippen molar-refractivity contribution in [2.45, 2.75) is 0 Å². The first-order valence-corrected chi connectivity index (χ1v) is 26.9. The van der Waals surface area contributed by atoms with Crippen molar-refractivity contribution in [3.63, 3.8) is 0 Å². The molecule has 1 nitrogen and oxygen atoms in total. The van der Waals surface area contributed by atoms with E-state index in [4.69, 9.17) is 0 Å². The summed E-state index contributed by atoms with van der Waals surface area (Å²) < 4.78 is 0. The molecule has 0 aromatic rings. The summed E-state index contributed by atoms with van der Waals surface area (Å²) in [5, 5.41) is 0. The second kappa shape index (κ2) is 7.47. The van der Waals surface area contributed by atoms with Gasteiger partial charge in [0.15, 0.2) is 7.35 Å². The number of hydrogen-bond donors (Lipinski definition) is 1. The second-order valence-electron chi connectivity index (χ2n) is 5.13. The molecule has 1 heterocycles. The van der Waals surface area contributed by atoms with Crippen LogP contribution >= 0.6 is 0 Å². The van der Waals surface area contributed by atoms with Crippen LogP contribution in [0.5, 0.6) is 0 Å². The van der Waals surface area contributed by atoms with E-state index in [0.29, 0.717) is 0 Å². The molecule has 1 radical (unpaired) electrons. The first kappa shape index (κ1) is 20.2. The molecule has 0 aromatic carbocycles. The Kier molecular flexibility index (Phi) is 7.56. The molecule has 0 bridgehead atoms. The van der Waals surface area contributed by atoms with Gasteiger partial charge in [0.1, 0.15) is 7.11 Å². The predicted molar refractivity (Wildman–Crippen MR) is 105 cm³/mol. The van der Waals surface area contributed by atoms with E-state index in [9.17, 15) is 4.80 Å². The maximum absolute atomic E-state index is 11.4. The minimum absolute atomic E-state index is 0. The van der Waals surface area contributed by atoms with Crippen molar-refractivity contribution in [1.82, 2.24) is 0 Å². The van der Waals surface area contributed by atoms with Gasteiger partial charge in [-0.3, -0.25) is 0 Å². The van der Waals surface area contributed by atoms with Crippen LogP contribution < -0.4 is 0 Å². The van der Waals surface area contributed by atoms with Crippen molar-refractivity contribution < 1.29 is 21.9 Å². The van der Waals surface area contributed by atoms with Gasteiger partial charge in [-0.1, -0.05) is 17.1 Å². The van der Waals surface area contributed by atoms with Crippen LogP contribution in [0.3, 0.4) is 0 Å². The minimum Gasteiger partial charge on any atom is -0.434 e. The Balaban J connectivity index is 0.00000361. The van der Waals surface area contributed by atoms with Crippen LogP contribution in [0.2, 0.25) is 0 Å². The average Bonchev–Trinajstić information content (AvgIpc) is 2.46. The Morgan fingerprint density at radius 2 is 1.35 bits per heavy atom. The van der Waals surface area contributed by atoms with E-state index in [-0.39, 0.29) is 34.2 Å². The fourth-order valence-electron chi connectivity index (χ4n) is 3.60. The summed E-state index contributed by atoms with van der Waals surface area (Å²) >= 11 is 0. The van der Waals surface area contributed by atoms with Gasteiger partial charge in [0, 0.05) is 42.0 Å². The maximum Gasteiger partial charge on any atom is 0.182 e. The maximum atomic E-state index is 11.4. The van der Waals surface area contributed by atoms with Gasteiger partial charge in [0.2, 0.25) is 0 Å². The molecule has 20 heavy (non-hydrogen) atoms. The summed E-state index contributed by atoms with van der Waals surface area (Å²) in [5.41, 5.74) is 12.7. The fraction of sp³-hybridized carbons (Fsp3) is 0. The molecule has 0 aromatic heterocycles. The Morgan fingerprint density at radius 1 is 0.850 bits per heavy atom. The van der Waals surface area contributed by atoms with E-state index in [1.807, 2.05) is 5.70 Å². The van der Waals surface area contributed by atoms with E-state index in [0.717, 1.165) is 0 Å². The zero-order valence-corrected chi connectivity index (χ0v) is 19.9. The summed E-state index contributed by atoms with van der Waals surface area (Å²) in [4.78, 5) is 11.4. The van der Waals surface area contributed by atoms with Crippen molar-refractivity contribution in [3.05, 3.63) is 73.7 Å². The SMILES string of the molecule is C=C[SiH]1[SiH2][SiH2][Si](O)(C=C)[Si](C=C)(C=C)[Si]1(C=C)C=C.[Cu]. The van der Waals surface area contributed by atoms with Gasteiger partial charge in [-0.2, -0.15) is 0 Å². The molecule has 1 saturated heterocycles. The number of hydrogen-bond acceptors (Lipinski definition) is 1. The van der Waals surface area contributed by atoms with Gasteiger partial charge >= 0.3 is 0 Å². The zero-order chi connectivity index (χ0) is 14.7. The smallest absolute Gasteiger partial charge is 0.182 e. The molecule has 0 aliphatic carbocycles. The van der Waals surface area contributed by atoms with Gasteiger partial charge in [-0.05, 0) is 0 Å². The standard InChI is InChI=1S/C12H24OSi6.Cu/c1-7-16-14-15-19(13,12-6)18(10-4,11-5)17(16,8-2)9-3;/h7-13,16H,1-6,14-15H2;. The topological polar surface area (TPSA) is 20.2 Å². The van der Waals surface area contributed by atoms with Crippen LogP contribution in [0, 0.1) is 0 Å². The van der Waals surface area contributed by atoms with Crippen molar-refractivity contribution in [1.29, 1.82) is 0 Å². The molecule has 0 saturated carbocycles. The van der Waals surface area contributed by atoms with Crippen LogP contribution in [-0.2, 0) is 17.1 Å². The van der Waals surface area contributed by atoms with Gasteiger partial charge < -0.3 is 4.80 Å². The van der Waals surface area contributed by atoms with E-state index in [2.05, 4.69) is 68.0 Å². The van der Waals surface area contributed by atoms with Crippen LogP contribution in [0.1, 0.15) is 0 Å². The third kappa shape index (κ3) is 2.42. The summed E-state index contributed by atoms with van der Waals surface area (Å²) in [5.74, 6) is 0. The number of rotatable bonds is 6. The predicted octanol–water partition coefficient (Wildman–Crippen LogP) is -0.108. The summed E-state index contributed by atoms with van der Waals surface area (Å²) in [6.07, 6.45) is 0. The molecule has 0 spiro atoms. The van der Waals surface area contributed by atoms with Crippen LogP contribution in [0.15, 0.2) is 73.7 Å². The minimum atomic E-state index is -2.35.